The Morgan fingerprint density at radius 3 is 2.44 bits per heavy atom. The van der Waals surface area contributed by atoms with Crippen molar-refractivity contribution in [2.45, 2.75) is 38.9 Å². The molecule has 1 aliphatic heterocycles. The monoisotopic (exact) mass is 475 g/mol. The van der Waals surface area contributed by atoms with Crippen molar-refractivity contribution in [3.05, 3.63) is 53.3 Å². The van der Waals surface area contributed by atoms with Gasteiger partial charge in [-0.25, -0.2) is 14.3 Å². The third kappa shape index (κ3) is 4.97. The van der Waals surface area contributed by atoms with Crippen LogP contribution in [0, 0.1) is 6.92 Å². The first-order valence-electron chi connectivity index (χ1n) is 10.9. The number of benzene rings is 1. The summed E-state index contributed by atoms with van der Waals surface area (Å²) in [7, 11) is 0. The van der Waals surface area contributed by atoms with E-state index in [2.05, 4.69) is 15.4 Å². The fourth-order valence-corrected chi connectivity index (χ4v) is 3.84. The zero-order chi connectivity index (χ0) is 24.5. The van der Waals surface area contributed by atoms with Gasteiger partial charge in [0.1, 0.15) is 0 Å². The Labute approximate surface area is 193 Å². The van der Waals surface area contributed by atoms with E-state index in [-0.39, 0.29) is 29.7 Å². The third-order valence-electron chi connectivity index (χ3n) is 5.65. The number of hydrogen-bond donors (Lipinski definition) is 1. The topological polar surface area (TPSA) is 88.8 Å². The number of aryl methyl sites for hydroxylation is 1. The van der Waals surface area contributed by atoms with Crippen LogP contribution in [0.4, 0.5) is 18.0 Å². The van der Waals surface area contributed by atoms with Gasteiger partial charge in [0.25, 0.3) is 5.91 Å². The number of halogens is 3. The number of rotatable bonds is 4. The minimum absolute atomic E-state index is 0.0762. The highest BCUT2D eigenvalue weighted by Gasteiger charge is 2.36. The lowest BCUT2D eigenvalue weighted by molar-refractivity contribution is -0.142. The number of amides is 2. The molecule has 1 saturated heterocycles. The van der Waals surface area contributed by atoms with Gasteiger partial charge in [0.05, 0.1) is 12.3 Å². The zero-order valence-corrected chi connectivity index (χ0v) is 18.7. The van der Waals surface area contributed by atoms with Gasteiger partial charge in [-0.1, -0.05) is 29.8 Å². The van der Waals surface area contributed by atoms with Gasteiger partial charge >= 0.3 is 12.3 Å². The summed E-state index contributed by atoms with van der Waals surface area (Å²) in [5.74, 6) is -0.593. The highest BCUT2D eigenvalue weighted by atomic mass is 19.4. The van der Waals surface area contributed by atoms with Crippen molar-refractivity contribution >= 4 is 17.6 Å². The minimum atomic E-state index is -4.69. The summed E-state index contributed by atoms with van der Waals surface area (Å²) >= 11 is 0. The second-order valence-corrected chi connectivity index (χ2v) is 8.12. The molecule has 180 valence electrons. The van der Waals surface area contributed by atoms with Crippen LogP contribution in [-0.4, -0.2) is 57.2 Å². The maximum absolute atomic E-state index is 13.8. The fourth-order valence-electron chi connectivity index (χ4n) is 3.84. The van der Waals surface area contributed by atoms with Crippen LogP contribution >= 0.6 is 0 Å². The van der Waals surface area contributed by atoms with Gasteiger partial charge < -0.3 is 15.0 Å². The molecule has 1 aromatic carbocycles. The number of piperidine rings is 1. The molecule has 1 aliphatic rings. The van der Waals surface area contributed by atoms with Gasteiger partial charge in [-0.15, -0.1) is 0 Å². The Kier molecular flexibility index (Phi) is 6.45. The van der Waals surface area contributed by atoms with Crippen molar-refractivity contribution in [3.8, 4) is 11.3 Å². The van der Waals surface area contributed by atoms with Crippen LogP contribution in [0.15, 0.2) is 36.4 Å². The third-order valence-corrected chi connectivity index (χ3v) is 5.65. The van der Waals surface area contributed by atoms with Crippen LogP contribution in [0.25, 0.3) is 16.9 Å². The number of carbonyl (C=O) groups is 2. The van der Waals surface area contributed by atoms with E-state index in [9.17, 15) is 22.8 Å². The molecule has 0 saturated carbocycles. The summed E-state index contributed by atoms with van der Waals surface area (Å²) in [6.45, 7) is 4.71. The average Bonchev–Trinajstić information content (AvgIpc) is 3.23. The van der Waals surface area contributed by atoms with Crippen molar-refractivity contribution < 1.29 is 27.5 Å². The molecule has 2 amide bonds. The predicted octanol–water partition coefficient (Wildman–Crippen LogP) is 4.07. The Bertz CT molecular complexity index is 1200. The molecular formula is C23H24F3N5O3. The van der Waals surface area contributed by atoms with Crippen molar-refractivity contribution in [2.24, 2.45) is 0 Å². The quantitative estimate of drug-likeness (QED) is 0.615. The van der Waals surface area contributed by atoms with Crippen LogP contribution in [-0.2, 0) is 10.9 Å². The SMILES string of the molecule is CCOC(=O)N1CCC(NC(=O)c2cc3nc(-c4ccc(C)cc4)cc(C(F)(F)F)n3n2)CC1. The lowest BCUT2D eigenvalue weighted by Crippen LogP contribution is -2.46. The second-order valence-electron chi connectivity index (χ2n) is 8.12. The molecule has 0 radical (unpaired) electrons. The fraction of sp³-hybridized carbons (Fsp3) is 0.391. The zero-order valence-electron chi connectivity index (χ0n) is 18.7. The molecule has 0 bridgehead atoms. The molecule has 1 N–H and O–H groups in total. The van der Waals surface area contributed by atoms with E-state index >= 15 is 0 Å². The van der Waals surface area contributed by atoms with E-state index in [1.54, 1.807) is 36.1 Å². The standard InChI is InChI=1S/C23H24F3N5O3/c1-3-34-22(33)30-10-8-16(9-11-30)27-21(32)18-13-20-28-17(15-6-4-14(2)5-7-15)12-19(23(24,25)26)31(20)29-18/h4-7,12-13,16H,3,8-11H2,1-2H3,(H,27,32). The Morgan fingerprint density at radius 1 is 1.15 bits per heavy atom. The van der Waals surface area contributed by atoms with Gasteiger partial charge in [0, 0.05) is 30.8 Å². The normalized spacial score (nSPS) is 14.9. The van der Waals surface area contributed by atoms with Crippen molar-refractivity contribution in [1.29, 1.82) is 0 Å². The van der Waals surface area contributed by atoms with Crippen molar-refractivity contribution in [2.75, 3.05) is 19.7 Å². The van der Waals surface area contributed by atoms with Crippen LogP contribution in [0.2, 0.25) is 0 Å². The number of nitrogens with one attached hydrogen (secondary N) is 1. The average molecular weight is 475 g/mol. The lowest BCUT2D eigenvalue weighted by atomic mass is 10.1. The Hall–Kier alpha value is -3.63. The van der Waals surface area contributed by atoms with Crippen molar-refractivity contribution in [1.82, 2.24) is 24.8 Å². The molecule has 2 aromatic heterocycles. The molecule has 0 unspecified atom stereocenters. The maximum Gasteiger partial charge on any atom is 0.433 e. The molecule has 1 fully saturated rings. The first-order valence-corrected chi connectivity index (χ1v) is 10.9. The van der Waals surface area contributed by atoms with Gasteiger partial charge in [0.2, 0.25) is 0 Å². The predicted molar refractivity (Wildman–Crippen MR) is 117 cm³/mol. The molecule has 8 nitrogen and oxygen atoms in total. The van der Waals surface area contributed by atoms with Gasteiger partial charge in [0.15, 0.2) is 17.0 Å². The molecule has 34 heavy (non-hydrogen) atoms. The molecule has 4 rings (SSSR count). The molecule has 3 heterocycles. The van der Waals surface area contributed by atoms with Gasteiger partial charge in [-0.05, 0) is 32.8 Å². The van der Waals surface area contributed by atoms with E-state index in [1.165, 1.54) is 6.07 Å². The van der Waals surface area contributed by atoms with E-state index in [4.69, 9.17) is 4.74 Å². The molecule has 0 atom stereocenters. The minimum Gasteiger partial charge on any atom is -0.450 e. The maximum atomic E-state index is 13.8. The highest BCUT2D eigenvalue weighted by Crippen LogP contribution is 2.32. The number of likely N-dealkylation sites (tertiary alicyclic amines) is 1. The summed E-state index contributed by atoms with van der Waals surface area (Å²) in [6.07, 6.45) is -4.09. The van der Waals surface area contributed by atoms with E-state index in [1.807, 2.05) is 6.92 Å². The number of aromatic nitrogens is 3. The lowest BCUT2D eigenvalue weighted by Gasteiger charge is -2.31. The first-order chi connectivity index (χ1) is 16.2. The molecular weight excluding hydrogens is 451 g/mol. The molecule has 11 heteroatoms. The Balaban J connectivity index is 1.56. The smallest absolute Gasteiger partial charge is 0.433 e. The second kappa shape index (κ2) is 9.32. The van der Waals surface area contributed by atoms with Gasteiger partial charge in [-0.2, -0.15) is 18.3 Å². The molecule has 3 aromatic rings. The first kappa shape index (κ1) is 23.5. The van der Waals surface area contributed by atoms with Crippen LogP contribution < -0.4 is 5.32 Å². The van der Waals surface area contributed by atoms with Crippen LogP contribution in [0.5, 0.6) is 0 Å². The van der Waals surface area contributed by atoms with E-state index in [0.29, 0.717) is 36.0 Å². The highest BCUT2D eigenvalue weighted by molar-refractivity contribution is 5.93. The van der Waals surface area contributed by atoms with E-state index in [0.717, 1.165) is 11.6 Å². The van der Waals surface area contributed by atoms with Crippen molar-refractivity contribution in [3.63, 3.8) is 0 Å². The summed E-state index contributed by atoms with van der Waals surface area (Å²) in [6, 6.07) is 8.91. The molecule has 0 spiro atoms. The van der Waals surface area contributed by atoms with E-state index < -0.39 is 23.9 Å². The number of carbonyl (C=O) groups excluding carboxylic acids is 2. The number of ether oxygens (including phenoxy) is 1. The summed E-state index contributed by atoms with van der Waals surface area (Å²) < 4.78 is 47.0. The summed E-state index contributed by atoms with van der Waals surface area (Å²) in [4.78, 5) is 30.4. The summed E-state index contributed by atoms with van der Waals surface area (Å²) in [5.41, 5.74) is 0.379. The molecule has 0 aliphatic carbocycles. The van der Waals surface area contributed by atoms with Crippen LogP contribution in [0.1, 0.15) is 41.5 Å². The number of nitrogens with zero attached hydrogens (tertiary/aromatic N) is 4. The Morgan fingerprint density at radius 2 is 1.82 bits per heavy atom. The number of hydrogen-bond acceptors (Lipinski definition) is 5. The number of alkyl halides is 3. The summed E-state index contributed by atoms with van der Waals surface area (Å²) in [5, 5.41) is 6.69. The van der Waals surface area contributed by atoms with Gasteiger partial charge in [-0.3, -0.25) is 4.79 Å². The number of fused-ring (bicyclic) bond motifs is 1. The van der Waals surface area contributed by atoms with Crippen LogP contribution in [0.3, 0.4) is 0 Å². The largest absolute Gasteiger partial charge is 0.450 e.